The highest BCUT2D eigenvalue weighted by Gasteiger charge is 2.44. The summed E-state index contributed by atoms with van der Waals surface area (Å²) in [5, 5.41) is 4.27. The van der Waals surface area contributed by atoms with Gasteiger partial charge in [-0.15, -0.1) is 0 Å². The fraction of sp³-hybridized carbons (Fsp3) is 0.833. The molecule has 15 heavy (non-hydrogen) atoms. The Labute approximate surface area is 91.3 Å². The van der Waals surface area contributed by atoms with E-state index in [-0.39, 0.29) is 5.91 Å². The minimum atomic E-state index is -0.0690. The van der Waals surface area contributed by atoms with Gasteiger partial charge in [0.1, 0.15) is 0 Å². The highest BCUT2D eigenvalue weighted by Crippen LogP contribution is 2.50. The normalized spacial score (nSPS) is 35.5. The number of hydrogen-bond acceptors (Lipinski definition) is 2. The zero-order chi connectivity index (χ0) is 11.1. The first-order chi connectivity index (χ1) is 6.99. The van der Waals surface area contributed by atoms with Crippen LogP contribution >= 0.6 is 0 Å². The zero-order valence-electron chi connectivity index (χ0n) is 9.84. The first-order valence-electron chi connectivity index (χ1n) is 5.82. The Bertz CT molecular complexity index is 307. The van der Waals surface area contributed by atoms with Crippen molar-refractivity contribution in [2.45, 2.75) is 46.5 Å². The van der Waals surface area contributed by atoms with Crippen molar-refractivity contribution in [3.8, 4) is 0 Å². The predicted molar refractivity (Wildman–Crippen MR) is 60.5 cm³/mol. The zero-order valence-corrected chi connectivity index (χ0v) is 9.84. The number of hydrazone groups is 1. The molecule has 1 amide bonds. The van der Waals surface area contributed by atoms with E-state index in [1.54, 1.807) is 0 Å². The molecule has 2 bridgehead atoms. The first kappa shape index (κ1) is 10.7. The fourth-order valence-corrected chi connectivity index (χ4v) is 3.03. The molecule has 2 atom stereocenters. The molecule has 0 saturated heterocycles. The van der Waals surface area contributed by atoms with E-state index in [0.29, 0.717) is 11.3 Å². The molecule has 2 aliphatic rings. The van der Waals surface area contributed by atoms with Gasteiger partial charge < -0.3 is 0 Å². The summed E-state index contributed by atoms with van der Waals surface area (Å²) in [4.78, 5) is 10.8. The number of nitrogens with zero attached hydrogens (tertiary/aromatic N) is 1. The third-order valence-corrected chi connectivity index (χ3v) is 4.00. The van der Waals surface area contributed by atoms with E-state index in [9.17, 15) is 4.79 Å². The van der Waals surface area contributed by atoms with Gasteiger partial charge in [0.05, 0.1) is 0 Å². The van der Waals surface area contributed by atoms with Crippen molar-refractivity contribution in [2.75, 3.05) is 0 Å². The molecular formula is C12H20N2O. The van der Waals surface area contributed by atoms with E-state index in [4.69, 9.17) is 0 Å². The van der Waals surface area contributed by atoms with Crippen LogP contribution in [0, 0.1) is 17.3 Å². The molecule has 3 nitrogen and oxygen atoms in total. The van der Waals surface area contributed by atoms with Gasteiger partial charge in [0.25, 0.3) is 0 Å². The lowest BCUT2D eigenvalue weighted by molar-refractivity contribution is -0.118. The van der Waals surface area contributed by atoms with Crippen LogP contribution in [0.25, 0.3) is 0 Å². The molecule has 3 heteroatoms. The van der Waals surface area contributed by atoms with Gasteiger partial charge in [0, 0.05) is 12.6 Å². The van der Waals surface area contributed by atoms with Gasteiger partial charge in [-0.3, -0.25) is 4.79 Å². The Kier molecular flexibility index (Phi) is 2.57. The average molecular weight is 208 g/mol. The lowest BCUT2D eigenvalue weighted by Crippen LogP contribution is -2.33. The third-order valence-electron chi connectivity index (χ3n) is 4.00. The number of fused-ring (bicyclic) bond motifs is 2. The van der Waals surface area contributed by atoms with E-state index in [1.165, 1.54) is 31.9 Å². The summed E-state index contributed by atoms with van der Waals surface area (Å²) >= 11 is 0. The summed E-state index contributed by atoms with van der Waals surface area (Å²) in [6, 6.07) is 0. The molecular weight excluding hydrogens is 188 g/mol. The summed E-state index contributed by atoms with van der Waals surface area (Å²) in [7, 11) is 0. The minimum Gasteiger partial charge on any atom is -0.274 e. The highest BCUT2D eigenvalue weighted by atomic mass is 16.2. The van der Waals surface area contributed by atoms with Gasteiger partial charge in [0.2, 0.25) is 5.91 Å². The Balaban J connectivity index is 2.13. The highest BCUT2D eigenvalue weighted by molar-refractivity contribution is 5.89. The maximum Gasteiger partial charge on any atom is 0.236 e. The molecule has 1 N–H and O–H groups in total. The summed E-state index contributed by atoms with van der Waals surface area (Å²) in [5.74, 6) is 1.43. The Hall–Kier alpha value is -0.860. The average Bonchev–Trinajstić information content (AvgIpc) is 2.56. The molecule has 0 aromatic rings. The van der Waals surface area contributed by atoms with Crippen LogP contribution in [-0.4, -0.2) is 11.6 Å². The van der Waals surface area contributed by atoms with Gasteiger partial charge >= 0.3 is 0 Å². The third kappa shape index (κ3) is 2.06. The largest absolute Gasteiger partial charge is 0.274 e. The van der Waals surface area contributed by atoms with Crippen LogP contribution in [-0.2, 0) is 4.79 Å². The second kappa shape index (κ2) is 3.62. The number of nitrogens with one attached hydrogen (secondary N) is 1. The number of hydrogen-bond donors (Lipinski definition) is 1. The van der Waals surface area contributed by atoms with Gasteiger partial charge in [-0.05, 0) is 42.9 Å². The molecule has 0 radical (unpaired) electrons. The fourth-order valence-electron chi connectivity index (χ4n) is 3.03. The van der Waals surface area contributed by atoms with Gasteiger partial charge in [-0.25, -0.2) is 5.43 Å². The minimum absolute atomic E-state index is 0.0690. The second-order valence-corrected chi connectivity index (χ2v) is 5.64. The Morgan fingerprint density at radius 3 is 2.87 bits per heavy atom. The van der Waals surface area contributed by atoms with Crippen LogP contribution in [0.3, 0.4) is 0 Å². The first-order valence-corrected chi connectivity index (χ1v) is 5.82. The number of carbonyl (C=O) groups excluding carboxylic acids is 1. The molecule has 0 aliphatic heterocycles. The van der Waals surface area contributed by atoms with E-state index >= 15 is 0 Å². The van der Waals surface area contributed by atoms with Gasteiger partial charge in [-0.2, -0.15) is 5.10 Å². The maximum absolute atomic E-state index is 10.8. The predicted octanol–water partition coefficient (Wildman–Crippen LogP) is 2.32. The van der Waals surface area contributed by atoms with Crippen LogP contribution < -0.4 is 5.43 Å². The quantitative estimate of drug-likeness (QED) is 0.660. The van der Waals surface area contributed by atoms with Crippen molar-refractivity contribution in [3.05, 3.63) is 0 Å². The van der Waals surface area contributed by atoms with Crippen molar-refractivity contribution in [1.29, 1.82) is 0 Å². The van der Waals surface area contributed by atoms with E-state index in [0.717, 1.165) is 12.3 Å². The van der Waals surface area contributed by atoms with Crippen molar-refractivity contribution < 1.29 is 4.79 Å². The molecule has 2 aliphatic carbocycles. The second-order valence-electron chi connectivity index (χ2n) is 5.64. The molecule has 0 aromatic heterocycles. The summed E-state index contributed by atoms with van der Waals surface area (Å²) in [5.41, 5.74) is 4.16. The van der Waals surface area contributed by atoms with Gasteiger partial charge in [0.15, 0.2) is 0 Å². The van der Waals surface area contributed by atoms with Crippen LogP contribution in [0.1, 0.15) is 46.5 Å². The smallest absolute Gasteiger partial charge is 0.236 e. The lowest BCUT2D eigenvalue weighted by Gasteiger charge is -2.36. The molecule has 2 rings (SSSR count). The van der Waals surface area contributed by atoms with E-state index in [2.05, 4.69) is 24.4 Å². The molecule has 0 spiro atoms. The van der Waals surface area contributed by atoms with Crippen molar-refractivity contribution in [1.82, 2.24) is 5.43 Å². The summed E-state index contributed by atoms with van der Waals surface area (Å²) in [6.07, 6.45) is 4.90. The van der Waals surface area contributed by atoms with Crippen molar-refractivity contribution in [3.63, 3.8) is 0 Å². The SMILES string of the molecule is CC(=O)N/N=C1/CC(C)(C)[C@H]2CC[C@@H]1C2. The number of rotatable bonds is 1. The molecule has 0 unspecified atom stereocenters. The monoisotopic (exact) mass is 208 g/mol. The molecule has 84 valence electrons. The Morgan fingerprint density at radius 2 is 2.20 bits per heavy atom. The molecule has 0 heterocycles. The van der Waals surface area contributed by atoms with Crippen LogP contribution in [0.4, 0.5) is 0 Å². The molecule has 2 saturated carbocycles. The van der Waals surface area contributed by atoms with E-state index < -0.39 is 0 Å². The van der Waals surface area contributed by atoms with Crippen LogP contribution in [0.5, 0.6) is 0 Å². The van der Waals surface area contributed by atoms with Crippen LogP contribution in [0.2, 0.25) is 0 Å². The number of amides is 1. The number of carbonyl (C=O) groups is 1. The standard InChI is InChI=1S/C12H20N2O/c1-8(15)13-14-11-7-12(2,3)10-5-4-9(11)6-10/h9-10H,4-7H2,1-3H3,(H,13,15)/b14-11-/t9-,10+/m1/s1. The van der Waals surface area contributed by atoms with Crippen LogP contribution in [0.15, 0.2) is 5.10 Å². The van der Waals surface area contributed by atoms with Crippen molar-refractivity contribution in [2.24, 2.45) is 22.4 Å². The molecule has 2 fully saturated rings. The van der Waals surface area contributed by atoms with Gasteiger partial charge in [-0.1, -0.05) is 13.8 Å². The molecule has 0 aromatic carbocycles. The summed E-state index contributed by atoms with van der Waals surface area (Å²) in [6.45, 7) is 6.15. The van der Waals surface area contributed by atoms with E-state index in [1.807, 2.05) is 0 Å². The summed E-state index contributed by atoms with van der Waals surface area (Å²) < 4.78 is 0. The Morgan fingerprint density at radius 1 is 1.47 bits per heavy atom. The maximum atomic E-state index is 10.8. The lowest BCUT2D eigenvalue weighted by atomic mass is 9.69. The van der Waals surface area contributed by atoms with Crippen molar-refractivity contribution >= 4 is 11.6 Å². The topological polar surface area (TPSA) is 41.5 Å².